The summed E-state index contributed by atoms with van der Waals surface area (Å²) in [6.07, 6.45) is 7.06. The van der Waals surface area contributed by atoms with E-state index >= 15 is 0 Å². The van der Waals surface area contributed by atoms with Crippen LogP contribution in [0.25, 0.3) is 38.5 Å². The monoisotopic (exact) mass is 531 g/mol. The van der Waals surface area contributed by atoms with Crippen molar-refractivity contribution in [1.29, 1.82) is 0 Å². The van der Waals surface area contributed by atoms with E-state index in [4.69, 9.17) is 0 Å². The first-order chi connectivity index (χ1) is 19.6. The fraction of sp³-hybridized carbons (Fsp3) is 0.300. The van der Waals surface area contributed by atoms with Crippen molar-refractivity contribution in [2.45, 2.75) is 70.6 Å². The highest BCUT2D eigenvalue weighted by atomic mass is 14.7. The SMILES string of the molecule is CC1(C)c2cc3[nH]c4c5c(ccc4c3cc2C(C)(C)C1(C)C)C1(C2=C(CCC=C2)c2ccccc21)c1ccccc1-5. The smallest absolute Gasteiger partial charge is 0.0722 e. The maximum atomic E-state index is 4.01. The van der Waals surface area contributed by atoms with Gasteiger partial charge in [-0.2, -0.15) is 0 Å². The Morgan fingerprint density at radius 1 is 0.634 bits per heavy atom. The van der Waals surface area contributed by atoms with Crippen LogP contribution < -0.4 is 0 Å². The zero-order valence-corrected chi connectivity index (χ0v) is 25.0. The molecule has 1 aromatic heterocycles. The molecule has 9 rings (SSSR count). The van der Waals surface area contributed by atoms with Gasteiger partial charge in [0.1, 0.15) is 0 Å². The van der Waals surface area contributed by atoms with E-state index in [1.54, 1.807) is 0 Å². The normalized spacial score (nSPS) is 23.7. The molecule has 0 aliphatic heterocycles. The van der Waals surface area contributed by atoms with E-state index in [0.29, 0.717) is 0 Å². The first-order valence-corrected chi connectivity index (χ1v) is 15.4. The molecule has 1 heteroatoms. The van der Waals surface area contributed by atoms with Gasteiger partial charge in [-0.3, -0.25) is 0 Å². The fourth-order valence-electron chi connectivity index (χ4n) is 9.37. The number of hydrogen-bond acceptors (Lipinski definition) is 0. The Morgan fingerprint density at radius 2 is 1.29 bits per heavy atom. The number of allylic oxidation sites excluding steroid dienone is 4. The molecule has 4 aliphatic rings. The number of fused-ring (bicyclic) bond motifs is 14. The summed E-state index contributed by atoms with van der Waals surface area (Å²) in [7, 11) is 0. The van der Waals surface area contributed by atoms with Crippen LogP contribution in [0.15, 0.2) is 90.5 Å². The second-order valence-electron chi connectivity index (χ2n) is 14.5. The molecule has 0 fully saturated rings. The van der Waals surface area contributed by atoms with Crippen LogP contribution in [-0.2, 0) is 16.2 Å². The van der Waals surface area contributed by atoms with Gasteiger partial charge in [-0.1, -0.05) is 114 Å². The van der Waals surface area contributed by atoms with Crippen LogP contribution >= 0.6 is 0 Å². The molecule has 1 nitrogen and oxygen atoms in total. The molecule has 202 valence electrons. The van der Waals surface area contributed by atoms with Crippen molar-refractivity contribution < 1.29 is 0 Å². The molecular formula is C40H37N. The maximum Gasteiger partial charge on any atom is 0.0722 e. The Kier molecular flexibility index (Phi) is 4.15. The summed E-state index contributed by atoms with van der Waals surface area (Å²) in [6, 6.07) is 28.3. The van der Waals surface area contributed by atoms with Crippen molar-refractivity contribution in [1.82, 2.24) is 4.98 Å². The second kappa shape index (κ2) is 7.13. The van der Waals surface area contributed by atoms with Gasteiger partial charge in [0.05, 0.1) is 10.9 Å². The standard InChI is InChI=1S/C40H37N/c1-37(2)32-21-27-25-19-20-31-35(36(25)41-34(27)22-33(32)38(3,4)39(37,5)6)26-15-9-12-18-30(26)40(31)28-16-10-7-13-23(28)24-14-8-11-17-29(24)40/h7,9-13,15-22,41H,8,14H2,1-6H3. The zero-order valence-electron chi connectivity index (χ0n) is 25.0. The van der Waals surface area contributed by atoms with Crippen molar-refractivity contribution in [3.8, 4) is 11.1 Å². The van der Waals surface area contributed by atoms with Gasteiger partial charge in [-0.15, -0.1) is 0 Å². The number of nitrogens with one attached hydrogen (secondary N) is 1. The minimum absolute atomic E-state index is 0.0830. The van der Waals surface area contributed by atoms with Gasteiger partial charge in [0.15, 0.2) is 0 Å². The topological polar surface area (TPSA) is 15.8 Å². The van der Waals surface area contributed by atoms with E-state index in [0.717, 1.165) is 12.8 Å². The quantitative estimate of drug-likeness (QED) is 0.205. The number of H-pyrrole nitrogens is 1. The molecular weight excluding hydrogens is 494 g/mol. The second-order valence-corrected chi connectivity index (χ2v) is 14.5. The van der Waals surface area contributed by atoms with E-state index in [1.165, 1.54) is 77.5 Å². The number of aromatic nitrogens is 1. The molecule has 0 radical (unpaired) electrons. The van der Waals surface area contributed by atoms with E-state index in [-0.39, 0.29) is 21.7 Å². The van der Waals surface area contributed by atoms with Gasteiger partial charge < -0.3 is 4.98 Å². The van der Waals surface area contributed by atoms with Crippen molar-refractivity contribution >= 4 is 27.4 Å². The van der Waals surface area contributed by atoms with E-state index < -0.39 is 0 Å². The maximum absolute atomic E-state index is 4.01. The third kappa shape index (κ3) is 2.42. The van der Waals surface area contributed by atoms with Crippen LogP contribution in [0, 0.1) is 5.41 Å². The van der Waals surface area contributed by atoms with Crippen LogP contribution in [0.4, 0.5) is 0 Å². The van der Waals surface area contributed by atoms with Gasteiger partial charge in [-0.05, 0) is 91.3 Å². The lowest BCUT2D eigenvalue weighted by molar-refractivity contribution is 0.125. The molecule has 1 atom stereocenters. The molecule has 1 spiro atoms. The van der Waals surface area contributed by atoms with E-state index in [1.807, 2.05) is 0 Å². The number of hydrogen-bond donors (Lipinski definition) is 1. The highest BCUT2D eigenvalue weighted by molar-refractivity contribution is 6.15. The highest BCUT2D eigenvalue weighted by Crippen LogP contribution is 2.65. The van der Waals surface area contributed by atoms with Crippen LogP contribution in [0.1, 0.15) is 87.8 Å². The third-order valence-corrected chi connectivity index (χ3v) is 12.6. The molecule has 4 aliphatic carbocycles. The lowest BCUT2D eigenvalue weighted by Crippen LogP contribution is -2.42. The van der Waals surface area contributed by atoms with E-state index in [2.05, 4.69) is 131 Å². The first-order valence-electron chi connectivity index (χ1n) is 15.4. The summed E-state index contributed by atoms with van der Waals surface area (Å²) in [5.74, 6) is 0. The Bertz CT molecular complexity index is 2070. The van der Waals surface area contributed by atoms with E-state index in [9.17, 15) is 0 Å². The first kappa shape index (κ1) is 23.8. The largest absolute Gasteiger partial charge is 0.354 e. The zero-order chi connectivity index (χ0) is 28.1. The fourth-order valence-corrected chi connectivity index (χ4v) is 9.37. The summed E-state index contributed by atoms with van der Waals surface area (Å²) >= 11 is 0. The summed E-state index contributed by atoms with van der Waals surface area (Å²) in [6.45, 7) is 14.7. The summed E-state index contributed by atoms with van der Waals surface area (Å²) in [5.41, 5.74) is 17.1. The molecule has 0 saturated carbocycles. The van der Waals surface area contributed by atoms with Crippen LogP contribution in [0.3, 0.4) is 0 Å². The van der Waals surface area contributed by atoms with Gasteiger partial charge in [-0.25, -0.2) is 0 Å². The molecule has 1 heterocycles. The van der Waals surface area contributed by atoms with Gasteiger partial charge >= 0.3 is 0 Å². The minimum Gasteiger partial charge on any atom is -0.354 e. The third-order valence-electron chi connectivity index (χ3n) is 12.6. The lowest BCUT2D eigenvalue weighted by Gasteiger charge is -2.44. The van der Waals surface area contributed by atoms with Crippen molar-refractivity contribution in [3.63, 3.8) is 0 Å². The van der Waals surface area contributed by atoms with Crippen LogP contribution in [-0.4, -0.2) is 4.98 Å². The van der Waals surface area contributed by atoms with Crippen molar-refractivity contribution in [2.24, 2.45) is 5.41 Å². The molecule has 0 saturated heterocycles. The average Bonchev–Trinajstić information content (AvgIpc) is 3.61. The summed E-state index contributed by atoms with van der Waals surface area (Å²) in [4.78, 5) is 4.01. The number of aromatic amines is 1. The Labute approximate surface area is 243 Å². The molecule has 4 aromatic carbocycles. The van der Waals surface area contributed by atoms with Crippen LogP contribution in [0.2, 0.25) is 0 Å². The van der Waals surface area contributed by atoms with Crippen LogP contribution in [0.5, 0.6) is 0 Å². The Morgan fingerprint density at radius 3 is 2.05 bits per heavy atom. The molecule has 41 heavy (non-hydrogen) atoms. The predicted molar refractivity (Wildman–Crippen MR) is 173 cm³/mol. The van der Waals surface area contributed by atoms with Crippen molar-refractivity contribution in [3.05, 3.63) is 124 Å². The van der Waals surface area contributed by atoms with Gasteiger partial charge in [0.2, 0.25) is 0 Å². The highest BCUT2D eigenvalue weighted by Gasteiger charge is 2.57. The predicted octanol–water partition coefficient (Wildman–Crippen LogP) is 10.3. The number of rotatable bonds is 0. The molecule has 1 N–H and O–H groups in total. The Hall–Kier alpha value is -3.84. The Balaban J connectivity index is 1.40. The summed E-state index contributed by atoms with van der Waals surface area (Å²) < 4.78 is 0. The number of benzene rings is 4. The van der Waals surface area contributed by atoms with Gasteiger partial charge in [0, 0.05) is 21.9 Å². The lowest BCUT2D eigenvalue weighted by atomic mass is 9.59. The molecule has 5 aromatic rings. The summed E-state index contributed by atoms with van der Waals surface area (Å²) in [5, 5.41) is 2.69. The average molecular weight is 532 g/mol. The molecule has 1 unspecified atom stereocenters. The molecule has 0 bridgehead atoms. The minimum atomic E-state index is -0.254. The van der Waals surface area contributed by atoms with Gasteiger partial charge in [0.25, 0.3) is 0 Å². The molecule has 0 amide bonds. The van der Waals surface area contributed by atoms with Crippen molar-refractivity contribution in [2.75, 3.05) is 0 Å².